The van der Waals surface area contributed by atoms with E-state index in [2.05, 4.69) is 0 Å². The lowest BCUT2D eigenvalue weighted by Gasteiger charge is -2.44. The van der Waals surface area contributed by atoms with E-state index in [1.165, 1.54) is 36.4 Å². The Kier molecular flexibility index (Phi) is 15.7. The number of Topliss-reactive ketones (excluding diaryl/α,β-unsaturated/α-hetero) is 2. The van der Waals surface area contributed by atoms with Crippen LogP contribution in [0.5, 0.6) is 23.0 Å². The Morgan fingerprint density at radius 2 is 1.05 bits per heavy atom. The molecule has 7 aliphatic rings. The Morgan fingerprint density at radius 3 is 1.45 bits per heavy atom. The molecule has 24 nitrogen and oxygen atoms in total. The Morgan fingerprint density at radius 1 is 0.622 bits per heavy atom. The normalized spacial score (nSPS) is 29.9. The average Bonchev–Trinajstić information content (AvgIpc) is 3.30. The number of rotatable bonds is 11. The number of aliphatic hydroxyl groups is 8. The van der Waals surface area contributed by atoms with Gasteiger partial charge in [0.1, 0.15) is 53.5 Å². The van der Waals surface area contributed by atoms with Crippen LogP contribution in [0.3, 0.4) is 0 Å². The van der Waals surface area contributed by atoms with Crippen LogP contribution in [0.1, 0.15) is 155 Å². The van der Waals surface area contributed by atoms with Crippen molar-refractivity contribution in [2.24, 2.45) is 5.73 Å². The molecule has 3 heterocycles. The molecule has 436 valence electrons. The molecule has 82 heavy (non-hydrogen) atoms. The topological polar surface area (TPSA) is 411 Å². The van der Waals surface area contributed by atoms with E-state index in [4.69, 9.17) is 24.7 Å². The van der Waals surface area contributed by atoms with E-state index in [0.29, 0.717) is 6.54 Å². The Labute approximate surface area is 466 Å². The van der Waals surface area contributed by atoms with E-state index in [9.17, 15) is 90.0 Å². The molecule has 0 spiro atoms. The molecule has 4 aromatic carbocycles. The van der Waals surface area contributed by atoms with Crippen LogP contribution in [0.4, 0.5) is 0 Å². The summed E-state index contributed by atoms with van der Waals surface area (Å²) >= 11 is 0. The summed E-state index contributed by atoms with van der Waals surface area (Å²) in [6.07, 6.45) is -5.25. The molecular formula is C58H62N2O22. The van der Waals surface area contributed by atoms with Crippen molar-refractivity contribution in [3.05, 3.63) is 127 Å². The number of ether oxygens (including phenoxy) is 4. The summed E-state index contributed by atoms with van der Waals surface area (Å²) in [5, 5.41) is 128. The van der Waals surface area contributed by atoms with Crippen molar-refractivity contribution < 1.29 is 109 Å². The van der Waals surface area contributed by atoms with Crippen LogP contribution < -0.4 is 5.73 Å². The Bertz CT molecular complexity index is 3360. The Balaban J connectivity index is 0.000000185. The second-order valence-corrected chi connectivity index (χ2v) is 21.9. The third-order valence-electron chi connectivity index (χ3n) is 17.0. The van der Waals surface area contributed by atoms with Gasteiger partial charge in [-0.15, -0.1) is 0 Å². The lowest BCUT2D eigenvalue weighted by Crippen LogP contribution is -2.54. The molecule has 4 aromatic rings. The fraction of sp³-hybridized carbons (Fsp3) is 0.448. The number of phenols is 4. The maximum Gasteiger partial charge on any atom is 0.198 e. The Hall–Kier alpha value is -6.88. The van der Waals surface area contributed by atoms with E-state index in [1.54, 1.807) is 13.8 Å². The summed E-state index contributed by atoms with van der Waals surface area (Å²) in [7, 11) is 0. The first-order valence-electron chi connectivity index (χ1n) is 26.7. The zero-order chi connectivity index (χ0) is 59.2. The molecule has 0 radical (unpaired) electrons. The van der Waals surface area contributed by atoms with Gasteiger partial charge in [-0.1, -0.05) is 42.5 Å². The van der Waals surface area contributed by atoms with Gasteiger partial charge in [-0.25, -0.2) is 0 Å². The summed E-state index contributed by atoms with van der Waals surface area (Å²) in [5.41, 5.74) is -1.15. The number of fused-ring (bicyclic) bond motifs is 6. The van der Waals surface area contributed by atoms with Crippen molar-refractivity contribution in [1.82, 2.24) is 4.90 Å². The van der Waals surface area contributed by atoms with Crippen molar-refractivity contribution in [3.63, 3.8) is 0 Å². The van der Waals surface area contributed by atoms with Gasteiger partial charge in [0.05, 0.1) is 72.0 Å². The number of aliphatic hydroxyl groups excluding tert-OH is 6. The van der Waals surface area contributed by atoms with Crippen LogP contribution in [0.2, 0.25) is 0 Å². The van der Waals surface area contributed by atoms with Crippen LogP contribution >= 0.6 is 0 Å². The third kappa shape index (κ3) is 9.50. The molecule has 0 amide bonds. The monoisotopic (exact) mass is 1140 g/mol. The highest BCUT2D eigenvalue weighted by molar-refractivity contribution is 6.32. The first-order valence-corrected chi connectivity index (χ1v) is 26.7. The lowest BCUT2D eigenvalue weighted by atomic mass is 9.71. The van der Waals surface area contributed by atoms with Gasteiger partial charge in [0.15, 0.2) is 47.3 Å². The number of ketones is 6. The minimum Gasteiger partial charge on any atom is -0.507 e. The number of nitrogens with two attached hydrogens (primary N) is 1. The smallest absolute Gasteiger partial charge is 0.198 e. The molecule has 14 N–H and O–H groups in total. The highest BCUT2D eigenvalue weighted by Crippen LogP contribution is 2.54. The van der Waals surface area contributed by atoms with Crippen molar-refractivity contribution in [1.29, 1.82) is 0 Å². The maximum atomic E-state index is 13.8. The quantitative estimate of drug-likeness (QED) is 0.0772. The highest BCUT2D eigenvalue weighted by atomic mass is 16.7. The fourth-order valence-electron chi connectivity index (χ4n) is 12.7. The first-order chi connectivity index (χ1) is 38.9. The largest absolute Gasteiger partial charge is 0.507 e. The van der Waals surface area contributed by atoms with E-state index >= 15 is 0 Å². The number of benzene rings is 4. The second-order valence-electron chi connectivity index (χ2n) is 21.9. The first kappa shape index (κ1) is 58.3. The average molecular weight is 1140 g/mol. The minimum absolute atomic E-state index is 0.00600. The maximum absolute atomic E-state index is 13.8. The number of carbonyl (C=O) groups excluding carboxylic acids is 6. The summed E-state index contributed by atoms with van der Waals surface area (Å²) in [5.74, 6) is -7.89. The molecule has 0 aromatic heterocycles. The van der Waals surface area contributed by atoms with Gasteiger partial charge in [-0.2, -0.15) is 0 Å². The number of nitrogens with zero attached hydrogens (tertiary/aromatic N) is 1. The molecule has 2 fully saturated rings. The molecule has 2 saturated heterocycles. The predicted octanol–water partition coefficient (Wildman–Crippen LogP) is 0.231. The van der Waals surface area contributed by atoms with Crippen LogP contribution in [0, 0.1) is 0 Å². The van der Waals surface area contributed by atoms with Crippen molar-refractivity contribution in [2.45, 2.75) is 144 Å². The molecular weight excluding hydrogens is 1080 g/mol. The predicted molar refractivity (Wildman–Crippen MR) is 279 cm³/mol. The van der Waals surface area contributed by atoms with Gasteiger partial charge < -0.3 is 90.9 Å². The van der Waals surface area contributed by atoms with E-state index in [-0.39, 0.29) is 74.5 Å². The van der Waals surface area contributed by atoms with Crippen molar-refractivity contribution >= 4 is 34.7 Å². The zero-order valence-electron chi connectivity index (χ0n) is 44.4. The van der Waals surface area contributed by atoms with Gasteiger partial charge in [0.2, 0.25) is 0 Å². The number of carbonyl (C=O) groups is 6. The minimum atomic E-state index is -2.25. The fourth-order valence-corrected chi connectivity index (χ4v) is 12.7. The molecule has 3 aliphatic heterocycles. The number of hydrogen-bond acceptors (Lipinski definition) is 24. The molecule has 12 atom stereocenters. The van der Waals surface area contributed by atoms with E-state index in [1.807, 2.05) is 17.2 Å². The standard InChI is InChI=1S/C31H33NO11.C27H29NO11/c1-14-26(36)18(32-7-2-3-8-32)9-21(42-14)43-19-11-31(41,20(35)13-34)10-17-23(19)30(40)25-24(28(17)38)27(37)16-6-4-5-15(12-33)22(16)29(25)39;1-10-22(32)14(28)5-17(38-10)39-15-7-27(37,16(31)9-30)6-13-19(15)26(36)21-20(24(13)34)23(33)12-4-2-3-11(8-29)18(12)25(21)35/h2,4-7,14,18-19,21,26,33-34,36,38,40-41H,3,8-13H2,1H3;2-4,10,14-15,17,22,29-30,32,34,36-37H,5-9,28H2,1H3/t14?,18?,19-,21?,26?,31-;10?,14?,15-,17?,22?,27-/m00/s1. The molecule has 11 rings (SSSR count). The molecule has 8 unspecified atom stereocenters. The molecule has 0 bridgehead atoms. The molecule has 0 saturated carbocycles. The lowest BCUT2D eigenvalue weighted by molar-refractivity contribution is -0.256. The second kappa shape index (κ2) is 22.0. The third-order valence-corrected chi connectivity index (χ3v) is 17.0. The zero-order valence-corrected chi connectivity index (χ0v) is 44.4. The summed E-state index contributed by atoms with van der Waals surface area (Å²) in [4.78, 5) is 81.8. The molecule has 24 heteroatoms. The number of phenolic OH excluding ortho intramolecular Hbond substituents is 4. The van der Waals surface area contributed by atoms with Gasteiger partial charge >= 0.3 is 0 Å². The summed E-state index contributed by atoms with van der Waals surface area (Å²) < 4.78 is 23.9. The van der Waals surface area contributed by atoms with Crippen LogP contribution in [0.15, 0.2) is 48.7 Å². The number of aromatic hydroxyl groups is 4. The van der Waals surface area contributed by atoms with E-state index in [0.717, 1.165) is 6.42 Å². The van der Waals surface area contributed by atoms with Gasteiger partial charge in [-0.05, 0) is 37.6 Å². The van der Waals surface area contributed by atoms with Crippen LogP contribution in [-0.4, -0.2) is 181 Å². The summed E-state index contributed by atoms with van der Waals surface area (Å²) in [6.45, 7) is 0.783. The van der Waals surface area contributed by atoms with Crippen molar-refractivity contribution in [2.75, 3.05) is 19.8 Å². The molecule has 4 aliphatic carbocycles. The van der Waals surface area contributed by atoms with E-state index < -0.39 is 199 Å². The number of hydrogen-bond donors (Lipinski definition) is 13. The van der Waals surface area contributed by atoms with Gasteiger partial charge in [-0.3, -0.25) is 28.8 Å². The van der Waals surface area contributed by atoms with Crippen molar-refractivity contribution in [3.8, 4) is 23.0 Å². The summed E-state index contributed by atoms with van der Waals surface area (Å²) in [6, 6.07) is 7.47. The van der Waals surface area contributed by atoms with Gasteiger partial charge in [0, 0.05) is 95.6 Å². The highest BCUT2D eigenvalue weighted by Gasteiger charge is 2.53. The van der Waals surface area contributed by atoms with Gasteiger partial charge in [0.25, 0.3) is 0 Å². The SMILES string of the molecule is CC1OC(O[C@H]2C[C@](O)(C(=O)CO)Cc3c(O)c4c(c(O)c32)C(=O)c2c(CO)cccc2C4=O)CC(N)C1O.CC1OC(O[C@H]2C[C@](O)(C(=O)CO)Cc3c(O)c4c(c(O)c32)C(=O)c2c(CO)cccc2C4=O)CC(N2C=CCC2)C1O. The van der Waals surface area contributed by atoms with Crippen LogP contribution in [-0.2, 0) is 54.6 Å². The van der Waals surface area contributed by atoms with Crippen LogP contribution in [0.25, 0.3) is 0 Å².